The topological polar surface area (TPSA) is 69.6 Å². The van der Waals surface area contributed by atoms with Gasteiger partial charge in [0.1, 0.15) is 11.4 Å². The Morgan fingerprint density at radius 2 is 2.26 bits per heavy atom. The molecule has 1 aliphatic carbocycles. The summed E-state index contributed by atoms with van der Waals surface area (Å²) in [7, 11) is 0. The lowest BCUT2D eigenvalue weighted by Gasteiger charge is -2.25. The van der Waals surface area contributed by atoms with Gasteiger partial charge in [0.2, 0.25) is 11.8 Å². The standard InChI is InChI=1S/C17H21FN2O3/c1-3-16(22)20(4-2)10-15(21)19-11-17(23)8-7-12-9-13(18)5-6-14(12)17/h3,5-6,9,23H,1,4,7-8,10-11H2,2H3,(H,19,21). The molecule has 1 aliphatic rings. The van der Waals surface area contributed by atoms with E-state index in [0.29, 0.717) is 24.9 Å². The molecule has 0 saturated heterocycles. The molecule has 2 rings (SSSR count). The van der Waals surface area contributed by atoms with Gasteiger partial charge in [-0.3, -0.25) is 9.59 Å². The molecule has 0 aliphatic heterocycles. The summed E-state index contributed by atoms with van der Waals surface area (Å²) in [4.78, 5) is 24.9. The maximum absolute atomic E-state index is 13.2. The molecule has 0 aromatic heterocycles. The molecule has 2 amide bonds. The quantitative estimate of drug-likeness (QED) is 0.772. The second-order valence-electron chi connectivity index (χ2n) is 5.67. The Morgan fingerprint density at radius 3 is 2.91 bits per heavy atom. The molecular formula is C17H21FN2O3. The second kappa shape index (κ2) is 6.91. The smallest absolute Gasteiger partial charge is 0.246 e. The van der Waals surface area contributed by atoms with Crippen molar-refractivity contribution in [2.75, 3.05) is 19.6 Å². The maximum atomic E-state index is 13.2. The van der Waals surface area contributed by atoms with Crippen LogP contribution in [0.2, 0.25) is 0 Å². The number of halogens is 1. The van der Waals surface area contributed by atoms with Crippen LogP contribution in [-0.4, -0.2) is 41.5 Å². The van der Waals surface area contributed by atoms with E-state index in [4.69, 9.17) is 0 Å². The Bertz CT molecular complexity index is 632. The van der Waals surface area contributed by atoms with Crippen molar-refractivity contribution in [1.82, 2.24) is 10.2 Å². The number of carbonyl (C=O) groups excluding carboxylic acids is 2. The summed E-state index contributed by atoms with van der Waals surface area (Å²) in [6, 6.07) is 4.28. The summed E-state index contributed by atoms with van der Waals surface area (Å²) in [5.74, 6) is -1.01. The molecule has 0 saturated carbocycles. The first-order valence-corrected chi connectivity index (χ1v) is 7.59. The summed E-state index contributed by atoms with van der Waals surface area (Å²) in [5, 5.41) is 13.3. The van der Waals surface area contributed by atoms with Crippen LogP contribution in [0.15, 0.2) is 30.9 Å². The Morgan fingerprint density at radius 1 is 1.52 bits per heavy atom. The zero-order valence-corrected chi connectivity index (χ0v) is 13.1. The Labute approximate surface area is 134 Å². The van der Waals surface area contributed by atoms with Crippen LogP contribution in [0.3, 0.4) is 0 Å². The number of carbonyl (C=O) groups is 2. The van der Waals surface area contributed by atoms with Crippen molar-refractivity contribution in [3.8, 4) is 0 Å². The van der Waals surface area contributed by atoms with E-state index in [-0.39, 0.29) is 30.7 Å². The fourth-order valence-corrected chi connectivity index (χ4v) is 2.83. The molecule has 0 heterocycles. The Hall–Kier alpha value is -2.21. The zero-order chi connectivity index (χ0) is 17.0. The van der Waals surface area contributed by atoms with Crippen LogP contribution < -0.4 is 5.32 Å². The van der Waals surface area contributed by atoms with Crippen molar-refractivity contribution in [2.45, 2.75) is 25.4 Å². The van der Waals surface area contributed by atoms with Crippen molar-refractivity contribution < 1.29 is 19.1 Å². The summed E-state index contributed by atoms with van der Waals surface area (Å²) < 4.78 is 13.2. The van der Waals surface area contributed by atoms with Crippen molar-refractivity contribution >= 4 is 11.8 Å². The molecule has 6 heteroatoms. The normalized spacial score (nSPS) is 19.1. The average molecular weight is 320 g/mol. The number of likely N-dealkylation sites (N-methyl/N-ethyl adjacent to an activating group) is 1. The first kappa shape index (κ1) is 17.1. The third-order valence-corrected chi connectivity index (χ3v) is 4.16. The highest BCUT2D eigenvalue weighted by Gasteiger charge is 2.37. The van der Waals surface area contributed by atoms with Gasteiger partial charge in [0.15, 0.2) is 0 Å². The van der Waals surface area contributed by atoms with Gasteiger partial charge in [-0.05, 0) is 49.1 Å². The van der Waals surface area contributed by atoms with Crippen molar-refractivity contribution in [1.29, 1.82) is 0 Å². The predicted octanol–water partition coefficient (Wildman–Crippen LogP) is 1.11. The van der Waals surface area contributed by atoms with Crippen LogP contribution in [0.5, 0.6) is 0 Å². The highest BCUT2D eigenvalue weighted by molar-refractivity contribution is 5.90. The minimum absolute atomic E-state index is 0.0320. The summed E-state index contributed by atoms with van der Waals surface area (Å²) in [6.07, 6.45) is 2.15. The molecule has 5 nitrogen and oxygen atoms in total. The first-order chi connectivity index (χ1) is 10.9. The number of fused-ring (bicyclic) bond motifs is 1. The van der Waals surface area contributed by atoms with Crippen LogP contribution in [0, 0.1) is 5.82 Å². The minimum atomic E-state index is -1.20. The maximum Gasteiger partial charge on any atom is 0.246 e. The molecule has 0 bridgehead atoms. The van der Waals surface area contributed by atoms with Crippen LogP contribution in [-0.2, 0) is 21.6 Å². The number of nitrogens with one attached hydrogen (secondary N) is 1. The van der Waals surface area contributed by atoms with E-state index < -0.39 is 5.60 Å². The summed E-state index contributed by atoms with van der Waals surface area (Å²) in [6.45, 7) is 5.50. The number of hydrogen-bond donors (Lipinski definition) is 2. The van der Waals surface area contributed by atoms with Gasteiger partial charge in [-0.15, -0.1) is 0 Å². The van der Waals surface area contributed by atoms with Gasteiger partial charge in [-0.25, -0.2) is 4.39 Å². The van der Waals surface area contributed by atoms with Crippen molar-refractivity contribution in [3.63, 3.8) is 0 Å². The molecule has 1 unspecified atom stereocenters. The van der Waals surface area contributed by atoms with Gasteiger partial charge in [-0.2, -0.15) is 0 Å². The van der Waals surface area contributed by atoms with Crippen molar-refractivity contribution in [2.24, 2.45) is 0 Å². The van der Waals surface area contributed by atoms with Gasteiger partial charge in [0.05, 0.1) is 13.1 Å². The van der Waals surface area contributed by atoms with E-state index in [1.165, 1.54) is 17.0 Å². The number of nitrogens with zero attached hydrogens (tertiary/aromatic N) is 1. The van der Waals surface area contributed by atoms with Crippen LogP contribution in [0.25, 0.3) is 0 Å². The number of aryl methyl sites for hydroxylation is 1. The number of aliphatic hydroxyl groups is 1. The first-order valence-electron chi connectivity index (χ1n) is 7.59. The molecule has 0 radical (unpaired) electrons. The molecule has 0 fully saturated rings. The average Bonchev–Trinajstić information content (AvgIpc) is 2.86. The molecule has 2 N–H and O–H groups in total. The molecule has 23 heavy (non-hydrogen) atoms. The largest absolute Gasteiger partial charge is 0.383 e. The summed E-state index contributed by atoms with van der Waals surface area (Å²) in [5.41, 5.74) is 0.213. The highest BCUT2D eigenvalue weighted by Crippen LogP contribution is 2.36. The predicted molar refractivity (Wildman–Crippen MR) is 84.1 cm³/mol. The van der Waals surface area contributed by atoms with Crippen LogP contribution in [0.4, 0.5) is 4.39 Å². The van der Waals surface area contributed by atoms with Crippen molar-refractivity contribution in [3.05, 3.63) is 47.8 Å². The van der Waals surface area contributed by atoms with Gasteiger partial charge in [0.25, 0.3) is 0 Å². The van der Waals surface area contributed by atoms with Gasteiger partial charge in [0, 0.05) is 6.54 Å². The minimum Gasteiger partial charge on any atom is -0.383 e. The number of rotatable bonds is 6. The molecule has 124 valence electrons. The van der Waals surface area contributed by atoms with Gasteiger partial charge < -0.3 is 15.3 Å². The molecule has 1 aromatic rings. The lowest BCUT2D eigenvalue weighted by atomic mass is 9.96. The van der Waals surface area contributed by atoms with E-state index in [0.717, 1.165) is 11.6 Å². The third kappa shape index (κ3) is 3.76. The summed E-state index contributed by atoms with van der Waals surface area (Å²) >= 11 is 0. The molecule has 0 spiro atoms. The number of hydrogen-bond acceptors (Lipinski definition) is 3. The zero-order valence-electron chi connectivity index (χ0n) is 13.1. The van der Waals surface area contributed by atoms with Gasteiger partial charge >= 0.3 is 0 Å². The van der Waals surface area contributed by atoms with E-state index in [2.05, 4.69) is 11.9 Å². The Kier molecular flexibility index (Phi) is 5.15. The fraction of sp³-hybridized carbons (Fsp3) is 0.412. The third-order valence-electron chi connectivity index (χ3n) is 4.16. The Balaban J connectivity index is 1.97. The fourth-order valence-electron chi connectivity index (χ4n) is 2.83. The van der Waals surface area contributed by atoms with E-state index in [1.807, 2.05) is 0 Å². The number of benzene rings is 1. The molecule has 1 atom stereocenters. The van der Waals surface area contributed by atoms with E-state index in [1.54, 1.807) is 13.0 Å². The monoisotopic (exact) mass is 320 g/mol. The van der Waals surface area contributed by atoms with E-state index >= 15 is 0 Å². The number of amides is 2. The lowest BCUT2D eigenvalue weighted by molar-refractivity contribution is -0.132. The second-order valence-corrected chi connectivity index (χ2v) is 5.67. The van der Waals surface area contributed by atoms with E-state index in [9.17, 15) is 19.1 Å². The van der Waals surface area contributed by atoms with Crippen LogP contribution in [0.1, 0.15) is 24.5 Å². The van der Waals surface area contributed by atoms with Crippen LogP contribution >= 0.6 is 0 Å². The highest BCUT2D eigenvalue weighted by atomic mass is 19.1. The molecular weight excluding hydrogens is 299 g/mol. The lowest BCUT2D eigenvalue weighted by Crippen LogP contribution is -2.44. The molecule has 1 aromatic carbocycles. The SMILES string of the molecule is C=CC(=O)N(CC)CC(=O)NCC1(O)CCc2cc(F)ccc21. The van der Waals surface area contributed by atoms with Gasteiger partial charge in [-0.1, -0.05) is 12.6 Å².